The molecule has 3 rings (SSSR count). The Labute approximate surface area is 133 Å². The van der Waals surface area contributed by atoms with Gasteiger partial charge in [-0.3, -0.25) is 4.90 Å². The van der Waals surface area contributed by atoms with Crippen molar-refractivity contribution in [1.29, 1.82) is 0 Å². The van der Waals surface area contributed by atoms with Gasteiger partial charge in [-0.15, -0.1) is 11.3 Å². The fourth-order valence-corrected chi connectivity index (χ4v) is 3.48. The summed E-state index contributed by atoms with van der Waals surface area (Å²) in [6.45, 7) is 3.05. The average Bonchev–Trinajstić information content (AvgIpc) is 3.16. The van der Waals surface area contributed by atoms with Crippen LogP contribution in [-0.2, 0) is 13.2 Å². The van der Waals surface area contributed by atoms with E-state index in [-0.39, 0.29) is 11.5 Å². The van der Waals surface area contributed by atoms with Crippen LogP contribution in [0.5, 0.6) is 5.75 Å². The summed E-state index contributed by atoms with van der Waals surface area (Å²) in [5.41, 5.74) is 0.510. The third-order valence-corrected chi connectivity index (χ3v) is 4.68. The van der Waals surface area contributed by atoms with Gasteiger partial charge >= 0.3 is 5.97 Å². The second kappa shape index (κ2) is 6.89. The van der Waals surface area contributed by atoms with E-state index < -0.39 is 5.97 Å². The van der Waals surface area contributed by atoms with Gasteiger partial charge in [0.1, 0.15) is 27.9 Å². The summed E-state index contributed by atoms with van der Waals surface area (Å²) in [7, 11) is 0. The fourth-order valence-electron chi connectivity index (χ4n) is 2.53. The summed E-state index contributed by atoms with van der Waals surface area (Å²) < 4.78 is 5.63. The zero-order chi connectivity index (χ0) is 15.4. The van der Waals surface area contributed by atoms with Gasteiger partial charge < -0.3 is 9.84 Å². The number of carboxylic acids is 1. The summed E-state index contributed by atoms with van der Waals surface area (Å²) in [6.07, 6.45) is 2.42. The highest BCUT2D eigenvalue weighted by Gasteiger charge is 2.20. The molecule has 2 aromatic rings. The molecule has 1 fully saturated rings. The molecule has 1 aliphatic rings. The van der Waals surface area contributed by atoms with Gasteiger partial charge in [-0.25, -0.2) is 9.78 Å². The number of likely N-dealkylation sites (tertiary alicyclic amines) is 1. The Morgan fingerprint density at radius 2 is 2.00 bits per heavy atom. The number of aromatic nitrogens is 1. The fraction of sp³-hybridized carbons (Fsp3) is 0.375. The van der Waals surface area contributed by atoms with Crippen molar-refractivity contribution in [3.05, 3.63) is 45.9 Å². The second-order valence-corrected chi connectivity index (χ2v) is 6.36. The smallest absolute Gasteiger partial charge is 0.347 e. The lowest BCUT2D eigenvalue weighted by Crippen LogP contribution is -2.18. The van der Waals surface area contributed by atoms with E-state index in [1.807, 2.05) is 30.3 Å². The summed E-state index contributed by atoms with van der Waals surface area (Å²) >= 11 is 1.26. The Balaban J connectivity index is 1.71. The van der Waals surface area contributed by atoms with E-state index in [9.17, 15) is 9.90 Å². The predicted octanol–water partition coefficient (Wildman–Crippen LogP) is 3.02. The van der Waals surface area contributed by atoms with Crippen LogP contribution in [0.3, 0.4) is 0 Å². The lowest BCUT2D eigenvalue weighted by molar-refractivity contribution is 0.0699. The van der Waals surface area contributed by atoms with E-state index >= 15 is 0 Å². The van der Waals surface area contributed by atoms with Gasteiger partial charge in [-0.2, -0.15) is 0 Å². The normalized spacial score (nSPS) is 15.1. The Bertz CT molecular complexity index is 636. The summed E-state index contributed by atoms with van der Waals surface area (Å²) in [5.74, 6) is -0.218. The molecule has 1 N–H and O–H groups in total. The number of carbonyl (C=O) groups is 1. The predicted molar refractivity (Wildman–Crippen MR) is 84.4 cm³/mol. The van der Waals surface area contributed by atoms with Crippen molar-refractivity contribution in [1.82, 2.24) is 9.88 Å². The van der Waals surface area contributed by atoms with Crippen molar-refractivity contribution in [2.75, 3.05) is 13.1 Å². The highest BCUT2D eigenvalue weighted by molar-refractivity contribution is 7.13. The Morgan fingerprint density at radius 1 is 1.27 bits per heavy atom. The molecule has 0 bridgehead atoms. The van der Waals surface area contributed by atoms with Crippen LogP contribution in [0, 0.1) is 0 Å². The van der Waals surface area contributed by atoms with Crippen LogP contribution >= 0.6 is 11.3 Å². The maximum absolute atomic E-state index is 11.4. The Kier molecular flexibility index (Phi) is 4.70. The number of hydrogen-bond acceptors (Lipinski definition) is 5. The van der Waals surface area contributed by atoms with E-state index in [1.54, 1.807) is 0 Å². The number of aromatic carboxylic acids is 1. The van der Waals surface area contributed by atoms with Crippen molar-refractivity contribution in [2.24, 2.45) is 0 Å². The van der Waals surface area contributed by atoms with E-state index in [2.05, 4.69) is 9.88 Å². The first kappa shape index (κ1) is 15.0. The SMILES string of the molecule is O=C(O)c1sc(CN2CCCC2)nc1COc1ccccc1. The van der Waals surface area contributed by atoms with Crippen molar-refractivity contribution in [3.8, 4) is 5.75 Å². The van der Waals surface area contributed by atoms with Gasteiger partial charge in [0.15, 0.2) is 0 Å². The van der Waals surface area contributed by atoms with E-state index in [4.69, 9.17) is 4.74 Å². The topological polar surface area (TPSA) is 62.7 Å². The van der Waals surface area contributed by atoms with Crippen LogP contribution < -0.4 is 4.74 Å². The van der Waals surface area contributed by atoms with Gasteiger partial charge in [0.25, 0.3) is 0 Å². The number of ether oxygens (including phenoxy) is 1. The third-order valence-electron chi connectivity index (χ3n) is 3.61. The van der Waals surface area contributed by atoms with Crippen molar-refractivity contribution in [3.63, 3.8) is 0 Å². The highest BCUT2D eigenvalue weighted by Crippen LogP contribution is 2.23. The van der Waals surface area contributed by atoms with Crippen LogP contribution in [0.25, 0.3) is 0 Å². The largest absolute Gasteiger partial charge is 0.487 e. The number of thiazole rings is 1. The molecule has 0 radical (unpaired) electrons. The van der Waals surface area contributed by atoms with Crippen LogP contribution in [-0.4, -0.2) is 34.0 Å². The van der Waals surface area contributed by atoms with Crippen molar-refractivity contribution >= 4 is 17.3 Å². The van der Waals surface area contributed by atoms with Gasteiger partial charge in [-0.1, -0.05) is 18.2 Å². The lowest BCUT2D eigenvalue weighted by atomic mass is 10.3. The summed E-state index contributed by atoms with van der Waals surface area (Å²) in [4.78, 5) is 18.5. The minimum atomic E-state index is -0.933. The molecule has 5 nitrogen and oxygen atoms in total. The quantitative estimate of drug-likeness (QED) is 0.887. The average molecular weight is 318 g/mol. The van der Waals surface area contributed by atoms with Gasteiger partial charge in [-0.05, 0) is 38.1 Å². The zero-order valence-electron chi connectivity index (χ0n) is 12.2. The third kappa shape index (κ3) is 3.64. The minimum Gasteiger partial charge on any atom is -0.487 e. The Morgan fingerprint density at radius 3 is 2.68 bits per heavy atom. The monoisotopic (exact) mass is 318 g/mol. The van der Waals surface area contributed by atoms with Crippen LogP contribution in [0.4, 0.5) is 0 Å². The number of hydrogen-bond donors (Lipinski definition) is 1. The first-order valence-electron chi connectivity index (χ1n) is 7.34. The van der Waals surface area contributed by atoms with Gasteiger partial charge in [0, 0.05) is 0 Å². The molecule has 0 atom stereocenters. The number of nitrogens with zero attached hydrogens (tertiary/aromatic N) is 2. The molecule has 0 spiro atoms. The number of para-hydroxylation sites is 1. The molecule has 6 heteroatoms. The standard InChI is InChI=1S/C16H18N2O3S/c19-16(20)15-13(11-21-12-6-2-1-3-7-12)17-14(22-15)10-18-8-4-5-9-18/h1-3,6-7H,4-5,8-11H2,(H,19,20). The number of benzene rings is 1. The zero-order valence-corrected chi connectivity index (χ0v) is 13.0. The maximum Gasteiger partial charge on any atom is 0.347 e. The summed E-state index contributed by atoms with van der Waals surface area (Å²) in [6, 6.07) is 9.36. The molecule has 0 aliphatic carbocycles. The molecule has 1 aliphatic heterocycles. The van der Waals surface area contributed by atoms with Crippen LogP contribution in [0.2, 0.25) is 0 Å². The molecule has 1 saturated heterocycles. The van der Waals surface area contributed by atoms with E-state index in [1.165, 1.54) is 24.2 Å². The molecule has 0 saturated carbocycles. The first-order valence-corrected chi connectivity index (χ1v) is 8.16. The molecule has 0 amide bonds. The number of rotatable bonds is 6. The molecular formula is C16H18N2O3S. The van der Waals surface area contributed by atoms with Crippen LogP contribution in [0.15, 0.2) is 30.3 Å². The molecule has 22 heavy (non-hydrogen) atoms. The molecule has 0 unspecified atom stereocenters. The highest BCUT2D eigenvalue weighted by atomic mass is 32.1. The maximum atomic E-state index is 11.4. The van der Waals surface area contributed by atoms with Gasteiger partial charge in [0.05, 0.1) is 6.54 Å². The summed E-state index contributed by atoms with van der Waals surface area (Å²) in [5, 5.41) is 10.2. The van der Waals surface area contributed by atoms with Gasteiger partial charge in [0.2, 0.25) is 0 Å². The Hall–Kier alpha value is -1.92. The molecule has 1 aromatic carbocycles. The van der Waals surface area contributed by atoms with E-state index in [0.717, 1.165) is 24.6 Å². The van der Waals surface area contributed by atoms with Crippen LogP contribution in [0.1, 0.15) is 33.2 Å². The van der Waals surface area contributed by atoms with Crippen molar-refractivity contribution < 1.29 is 14.6 Å². The van der Waals surface area contributed by atoms with Crippen molar-refractivity contribution in [2.45, 2.75) is 26.0 Å². The minimum absolute atomic E-state index is 0.183. The van der Waals surface area contributed by atoms with E-state index in [0.29, 0.717) is 11.4 Å². The number of carboxylic acid groups (broad SMARTS) is 1. The lowest BCUT2D eigenvalue weighted by Gasteiger charge is -2.11. The second-order valence-electron chi connectivity index (χ2n) is 5.27. The molecule has 2 heterocycles. The molecule has 116 valence electrons. The molecule has 1 aromatic heterocycles. The molecular weight excluding hydrogens is 300 g/mol. The first-order chi connectivity index (χ1) is 10.7.